The van der Waals surface area contributed by atoms with Crippen LogP contribution in [0, 0.1) is 0 Å². The molecule has 0 radical (unpaired) electrons. The Kier molecular flexibility index (Phi) is 4.50. The van der Waals surface area contributed by atoms with Gasteiger partial charge in [0, 0.05) is 10.9 Å². The van der Waals surface area contributed by atoms with E-state index in [2.05, 4.69) is 15.9 Å². The van der Waals surface area contributed by atoms with E-state index >= 15 is 0 Å². The molecule has 0 bridgehead atoms. The summed E-state index contributed by atoms with van der Waals surface area (Å²) >= 11 is 3.57. The molecule has 0 aromatic rings. The molecule has 0 unspecified atom stereocenters. The molecule has 1 fully saturated rings. The monoisotopic (exact) mass is 246 g/mol. The molecule has 1 aliphatic carbocycles. The van der Waals surface area contributed by atoms with E-state index in [4.69, 9.17) is 4.74 Å². The first-order valence-corrected chi connectivity index (χ1v) is 5.64. The van der Waals surface area contributed by atoms with Gasteiger partial charge in [-0.25, -0.2) is 4.79 Å². The van der Waals surface area contributed by atoms with Gasteiger partial charge in [0.1, 0.15) is 0 Å². The molecule has 1 saturated carbocycles. The highest BCUT2D eigenvalue weighted by molar-refractivity contribution is 9.09. The summed E-state index contributed by atoms with van der Waals surface area (Å²) < 4.78 is 4.84. The van der Waals surface area contributed by atoms with E-state index in [1.807, 2.05) is 6.92 Å². The van der Waals surface area contributed by atoms with Gasteiger partial charge < -0.3 is 4.74 Å². The van der Waals surface area contributed by atoms with Crippen molar-refractivity contribution < 1.29 is 9.53 Å². The first-order chi connectivity index (χ1) is 6.22. The third kappa shape index (κ3) is 3.94. The summed E-state index contributed by atoms with van der Waals surface area (Å²) in [6.45, 7) is 2.29. The van der Waals surface area contributed by atoms with Crippen molar-refractivity contribution in [2.24, 2.45) is 0 Å². The normalized spacial score (nSPS) is 22.6. The number of esters is 1. The van der Waals surface area contributed by atoms with E-state index in [1.165, 1.54) is 5.57 Å². The fourth-order valence-corrected chi connectivity index (χ4v) is 1.91. The van der Waals surface area contributed by atoms with Crippen LogP contribution in [0.2, 0.25) is 0 Å². The van der Waals surface area contributed by atoms with Crippen LogP contribution in [0.15, 0.2) is 11.6 Å². The SMILES string of the molecule is CCOC(=O)C=C1CCC(Br)CC1. The maximum Gasteiger partial charge on any atom is 0.330 e. The molecular formula is C10H15BrO2. The lowest BCUT2D eigenvalue weighted by Gasteiger charge is -2.18. The Hall–Kier alpha value is -0.310. The van der Waals surface area contributed by atoms with E-state index < -0.39 is 0 Å². The van der Waals surface area contributed by atoms with Gasteiger partial charge in [0.2, 0.25) is 0 Å². The minimum Gasteiger partial charge on any atom is -0.463 e. The average molecular weight is 247 g/mol. The molecule has 74 valence electrons. The maximum absolute atomic E-state index is 11.1. The lowest BCUT2D eigenvalue weighted by Crippen LogP contribution is -2.08. The lowest BCUT2D eigenvalue weighted by molar-refractivity contribution is -0.137. The van der Waals surface area contributed by atoms with Crippen molar-refractivity contribution in [3.63, 3.8) is 0 Å². The summed E-state index contributed by atoms with van der Waals surface area (Å²) in [5.41, 5.74) is 1.23. The Morgan fingerprint density at radius 2 is 2.23 bits per heavy atom. The largest absolute Gasteiger partial charge is 0.463 e. The molecule has 0 aromatic heterocycles. The van der Waals surface area contributed by atoms with E-state index in [9.17, 15) is 4.79 Å². The van der Waals surface area contributed by atoms with Crippen molar-refractivity contribution in [1.82, 2.24) is 0 Å². The zero-order valence-corrected chi connectivity index (χ0v) is 9.47. The van der Waals surface area contributed by atoms with Gasteiger partial charge in [-0.05, 0) is 32.6 Å². The number of alkyl halides is 1. The predicted octanol–water partition coefficient (Wildman–Crippen LogP) is 2.81. The Morgan fingerprint density at radius 3 is 2.77 bits per heavy atom. The lowest BCUT2D eigenvalue weighted by atomic mass is 9.95. The fraction of sp³-hybridized carbons (Fsp3) is 0.700. The molecule has 13 heavy (non-hydrogen) atoms. The Bertz CT molecular complexity index is 201. The van der Waals surface area contributed by atoms with Crippen molar-refractivity contribution in [2.45, 2.75) is 37.4 Å². The van der Waals surface area contributed by atoms with Gasteiger partial charge in [0.25, 0.3) is 0 Å². The highest BCUT2D eigenvalue weighted by atomic mass is 79.9. The van der Waals surface area contributed by atoms with Crippen LogP contribution in [0.25, 0.3) is 0 Å². The maximum atomic E-state index is 11.1. The number of allylic oxidation sites excluding steroid dienone is 1. The minimum absolute atomic E-state index is 0.189. The van der Waals surface area contributed by atoms with Crippen molar-refractivity contribution in [3.8, 4) is 0 Å². The van der Waals surface area contributed by atoms with Crippen LogP contribution in [-0.2, 0) is 9.53 Å². The molecular weight excluding hydrogens is 232 g/mol. The third-order valence-corrected chi connectivity index (χ3v) is 3.08. The van der Waals surface area contributed by atoms with Crippen LogP contribution < -0.4 is 0 Å². The van der Waals surface area contributed by atoms with Gasteiger partial charge >= 0.3 is 5.97 Å². The molecule has 0 aromatic carbocycles. The topological polar surface area (TPSA) is 26.3 Å². The number of carbonyl (C=O) groups excluding carboxylic acids is 1. The standard InChI is InChI=1S/C10H15BrO2/c1-2-13-10(12)7-8-3-5-9(11)6-4-8/h7,9H,2-6H2,1H3. The summed E-state index contributed by atoms with van der Waals surface area (Å²) in [6, 6.07) is 0. The Balaban J connectivity index is 2.38. The van der Waals surface area contributed by atoms with Gasteiger partial charge in [0.05, 0.1) is 6.61 Å². The second kappa shape index (κ2) is 5.43. The van der Waals surface area contributed by atoms with Gasteiger partial charge in [0.15, 0.2) is 0 Å². The molecule has 1 rings (SSSR count). The fourth-order valence-electron chi connectivity index (χ4n) is 1.45. The zero-order chi connectivity index (χ0) is 9.68. The van der Waals surface area contributed by atoms with Crippen LogP contribution in [0.5, 0.6) is 0 Å². The second-order valence-corrected chi connectivity index (χ2v) is 4.52. The van der Waals surface area contributed by atoms with Gasteiger partial charge in [-0.2, -0.15) is 0 Å². The van der Waals surface area contributed by atoms with E-state index in [1.54, 1.807) is 6.08 Å². The summed E-state index contributed by atoms with van der Waals surface area (Å²) in [5, 5.41) is 0. The molecule has 0 amide bonds. The van der Waals surface area contributed by atoms with Crippen molar-refractivity contribution in [3.05, 3.63) is 11.6 Å². The molecule has 3 heteroatoms. The molecule has 0 spiro atoms. The molecule has 0 aliphatic heterocycles. The van der Waals surface area contributed by atoms with Gasteiger partial charge in [-0.1, -0.05) is 21.5 Å². The summed E-state index contributed by atoms with van der Waals surface area (Å²) in [6.07, 6.45) is 5.96. The van der Waals surface area contributed by atoms with Crippen molar-refractivity contribution in [1.29, 1.82) is 0 Å². The molecule has 1 aliphatic rings. The quantitative estimate of drug-likeness (QED) is 0.426. The summed E-state index contributed by atoms with van der Waals surface area (Å²) in [7, 11) is 0. The Morgan fingerprint density at radius 1 is 1.62 bits per heavy atom. The van der Waals surface area contributed by atoms with Crippen molar-refractivity contribution >= 4 is 21.9 Å². The van der Waals surface area contributed by atoms with Crippen LogP contribution >= 0.6 is 15.9 Å². The Labute approximate surface area is 87.5 Å². The predicted molar refractivity (Wildman–Crippen MR) is 55.9 cm³/mol. The van der Waals surface area contributed by atoms with Crippen molar-refractivity contribution in [2.75, 3.05) is 6.61 Å². The first-order valence-electron chi connectivity index (χ1n) is 4.72. The minimum atomic E-state index is -0.189. The number of carbonyl (C=O) groups is 1. The number of rotatable bonds is 2. The summed E-state index contributed by atoms with van der Waals surface area (Å²) in [4.78, 5) is 11.7. The van der Waals surface area contributed by atoms with Gasteiger partial charge in [-0.15, -0.1) is 0 Å². The van der Waals surface area contributed by atoms with E-state index in [0.29, 0.717) is 11.4 Å². The number of hydrogen-bond donors (Lipinski definition) is 0. The smallest absolute Gasteiger partial charge is 0.330 e. The molecule has 2 nitrogen and oxygen atoms in total. The average Bonchev–Trinajstić information content (AvgIpc) is 2.09. The highest BCUT2D eigenvalue weighted by Gasteiger charge is 2.14. The third-order valence-electron chi connectivity index (χ3n) is 2.17. The van der Waals surface area contributed by atoms with Gasteiger partial charge in [-0.3, -0.25) is 0 Å². The van der Waals surface area contributed by atoms with Crippen LogP contribution in [0.4, 0.5) is 0 Å². The van der Waals surface area contributed by atoms with Crippen LogP contribution in [-0.4, -0.2) is 17.4 Å². The number of ether oxygens (including phenoxy) is 1. The van der Waals surface area contributed by atoms with E-state index in [-0.39, 0.29) is 5.97 Å². The number of halogens is 1. The molecule has 0 saturated heterocycles. The molecule has 0 N–H and O–H groups in total. The highest BCUT2D eigenvalue weighted by Crippen LogP contribution is 2.27. The molecule has 0 heterocycles. The van der Waals surface area contributed by atoms with Crippen LogP contribution in [0.1, 0.15) is 32.6 Å². The zero-order valence-electron chi connectivity index (χ0n) is 7.88. The second-order valence-electron chi connectivity index (χ2n) is 3.23. The van der Waals surface area contributed by atoms with Crippen LogP contribution in [0.3, 0.4) is 0 Å². The van der Waals surface area contributed by atoms with E-state index in [0.717, 1.165) is 25.7 Å². The molecule has 0 atom stereocenters. The number of hydrogen-bond acceptors (Lipinski definition) is 2. The first kappa shape index (κ1) is 10.8. The summed E-state index contributed by atoms with van der Waals surface area (Å²) in [5.74, 6) is -0.189.